The Hall–Kier alpha value is -8.74. The number of benzene rings is 9. The van der Waals surface area contributed by atoms with E-state index in [1.165, 1.54) is 33.5 Å². The van der Waals surface area contributed by atoms with Crippen molar-refractivity contribution < 1.29 is 8.83 Å². The van der Waals surface area contributed by atoms with E-state index < -0.39 is 0 Å². The lowest BCUT2D eigenvalue weighted by Gasteiger charge is -2.37. The third-order valence-corrected chi connectivity index (χ3v) is 15.2. The lowest BCUT2D eigenvalue weighted by molar-refractivity contribution is 0.383. The Labute approximate surface area is 412 Å². The Morgan fingerprint density at radius 3 is 1.99 bits per heavy atom. The van der Waals surface area contributed by atoms with Crippen LogP contribution >= 0.6 is 0 Å². The van der Waals surface area contributed by atoms with E-state index in [2.05, 4.69) is 224 Å². The maximum Gasteiger partial charge on any atom is 0.159 e. The maximum atomic E-state index is 6.99. The van der Waals surface area contributed by atoms with Gasteiger partial charge in [0.15, 0.2) is 11.4 Å². The largest absolute Gasteiger partial charge is 0.456 e. The van der Waals surface area contributed by atoms with Crippen molar-refractivity contribution in [3.8, 4) is 22.3 Å². The summed E-state index contributed by atoms with van der Waals surface area (Å²) in [4.78, 5) is 15.5. The molecule has 0 fully saturated rings. The van der Waals surface area contributed by atoms with Gasteiger partial charge in [0.1, 0.15) is 28.8 Å². The van der Waals surface area contributed by atoms with Crippen molar-refractivity contribution in [1.29, 1.82) is 0 Å². The number of nitrogens with zero attached hydrogens (tertiary/aromatic N) is 4. The molecule has 340 valence electrons. The van der Waals surface area contributed by atoms with E-state index in [1.807, 2.05) is 18.2 Å². The van der Waals surface area contributed by atoms with Gasteiger partial charge in [-0.3, -0.25) is 0 Å². The molecule has 4 heterocycles. The molecule has 2 aromatic heterocycles. The molecule has 2 aliphatic heterocycles. The fraction of sp³-hybridized carbons (Fsp3) is 0.108. The zero-order chi connectivity index (χ0) is 47.2. The number of hydrogen-bond donors (Lipinski definition) is 0. The summed E-state index contributed by atoms with van der Waals surface area (Å²) in [5, 5.41) is 4.27. The Balaban J connectivity index is 0.911. The molecule has 4 atom stereocenters. The fourth-order valence-corrected chi connectivity index (χ4v) is 11.8. The first-order valence-electron chi connectivity index (χ1n) is 24.7. The summed E-state index contributed by atoms with van der Waals surface area (Å²) in [7, 11) is 2.10. The second-order valence-electron chi connectivity index (χ2n) is 19.3. The van der Waals surface area contributed by atoms with Gasteiger partial charge >= 0.3 is 0 Å². The summed E-state index contributed by atoms with van der Waals surface area (Å²) in [5.74, 6) is 2.27. The van der Waals surface area contributed by atoms with E-state index in [4.69, 9.17) is 18.8 Å². The number of hydrogen-bond acceptors (Lipinski definition) is 6. The highest BCUT2D eigenvalue weighted by atomic mass is 16.3. The molecule has 0 saturated heterocycles. The van der Waals surface area contributed by atoms with Crippen LogP contribution in [0.1, 0.15) is 53.2 Å². The topological polar surface area (TPSA) is 57.5 Å². The van der Waals surface area contributed by atoms with Crippen LogP contribution in [0.15, 0.2) is 237 Å². The third kappa shape index (κ3) is 6.69. The number of fused-ring (bicyclic) bond motifs is 9. The molecule has 1 aliphatic carbocycles. The molecule has 0 bridgehead atoms. The molecule has 4 unspecified atom stereocenters. The van der Waals surface area contributed by atoms with Crippen LogP contribution in [0.2, 0.25) is 0 Å². The zero-order valence-electron chi connectivity index (χ0n) is 39.4. The second-order valence-corrected chi connectivity index (χ2v) is 19.3. The normalized spacial score (nSPS) is 18.7. The summed E-state index contributed by atoms with van der Waals surface area (Å²) in [5.41, 5.74) is 17.2. The van der Waals surface area contributed by atoms with Gasteiger partial charge in [0.05, 0.1) is 11.7 Å². The molecule has 6 heteroatoms. The fourth-order valence-electron chi connectivity index (χ4n) is 11.8. The molecule has 6 nitrogen and oxygen atoms in total. The molecular weight excluding hydrogens is 869 g/mol. The second kappa shape index (κ2) is 16.5. The van der Waals surface area contributed by atoms with Gasteiger partial charge in [-0.2, -0.15) is 0 Å². The number of anilines is 2. The van der Waals surface area contributed by atoms with Crippen LogP contribution in [0, 0.1) is 5.92 Å². The minimum Gasteiger partial charge on any atom is -0.456 e. The summed E-state index contributed by atoms with van der Waals surface area (Å²) >= 11 is 0. The smallest absolute Gasteiger partial charge is 0.159 e. The van der Waals surface area contributed by atoms with Crippen LogP contribution in [0.3, 0.4) is 0 Å². The van der Waals surface area contributed by atoms with Crippen LogP contribution in [0.25, 0.3) is 71.7 Å². The Morgan fingerprint density at radius 2 is 1.17 bits per heavy atom. The van der Waals surface area contributed by atoms with E-state index >= 15 is 0 Å². The average molecular weight is 917 g/mol. The predicted molar refractivity (Wildman–Crippen MR) is 292 cm³/mol. The van der Waals surface area contributed by atoms with Crippen molar-refractivity contribution in [2.24, 2.45) is 15.9 Å². The lowest BCUT2D eigenvalue weighted by atomic mass is 9.75. The van der Waals surface area contributed by atoms with Crippen molar-refractivity contribution in [1.82, 2.24) is 4.90 Å². The van der Waals surface area contributed by atoms with E-state index in [0.29, 0.717) is 17.7 Å². The molecule has 0 N–H and O–H groups in total. The van der Waals surface area contributed by atoms with E-state index in [0.717, 1.165) is 89.6 Å². The number of para-hydroxylation sites is 2. The number of aliphatic imine (C=N–C) groups is 2. The van der Waals surface area contributed by atoms with E-state index in [1.54, 1.807) is 0 Å². The highest BCUT2D eigenvalue weighted by Crippen LogP contribution is 2.56. The van der Waals surface area contributed by atoms with Crippen molar-refractivity contribution >= 4 is 72.5 Å². The SMILES string of the molecule is CC1CC2C(=CC1c1ccccc1)c1ccccc1N2c1c(-c2ccc3c(c2)oc2cccc(C4=NC(c5ccccc5)=NC(c5ccc(-c6ccccc6)cc5)N4C)c23)ccc2c1oc1ccccc12. The minimum atomic E-state index is -0.309. The molecule has 9 aromatic carbocycles. The average Bonchev–Trinajstić information content (AvgIpc) is 4.10. The summed E-state index contributed by atoms with van der Waals surface area (Å²) in [6.45, 7) is 2.41. The molecule has 0 spiro atoms. The minimum absolute atomic E-state index is 0.126. The molecule has 71 heavy (non-hydrogen) atoms. The van der Waals surface area contributed by atoms with Crippen molar-refractivity contribution in [3.63, 3.8) is 0 Å². The highest BCUT2D eigenvalue weighted by molar-refractivity contribution is 6.22. The standard InChI is InChI=1S/C65H48N4O2/c1-40-37-56-54(39-53(40)43-19-8-4-9-20-43)48-23-12-14-26-55(48)69(56)61-47(35-36-50-49-24-13-15-27-57(49)71-62(50)61)46-33-34-51-59(38-46)70-58-28-16-25-52(60(51)58)65-67-63(44-21-10-5-11-22-44)66-64(68(65)2)45-31-29-42(30-32-45)41-17-6-3-7-18-41/h3-36,38-40,53,56,64H,37H2,1-2H3. The number of furan rings is 2. The third-order valence-electron chi connectivity index (χ3n) is 15.2. The van der Waals surface area contributed by atoms with Crippen molar-refractivity contribution in [3.05, 3.63) is 246 Å². The first-order chi connectivity index (χ1) is 35.0. The molecule has 3 aliphatic rings. The van der Waals surface area contributed by atoms with Gasteiger partial charge in [-0.25, -0.2) is 9.98 Å². The Bertz CT molecular complexity index is 3960. The van der Waals surface area contributed by atoms with Crippen LogP contribution in [-0.4, -0.2) is 29.7 Å². The molecule has 0 saturated carbocycles. The van der Waals surface area contributed by atoms with Crippen LogP contribution in [0.5, 0.6) is 0 Å². The van der Waals surface area contributed by atoms with Gasteiger partial charge in [0.2, 0.25) is 0 Å². The van der Waals surface area contributed by atoms with Crippen molar-refractivity contribution in [2.75, 3.05) is 11.9 Å². The quantitative estimate of drug-likeness (QED) is 0.160. The van der Waals surface area contributed by atoms with E-state index in [-0.39, 0.29) is 12.2 Å². The van der Waals surface area contributed by atoms with Gasteiger partial charge in [-0.1, -0.05) is 189 Å². The van der Waals surface area contributed by atoms with Gasteiger partial charge in [0.25, 0.3) is 0 Å². The first kappa shape index (κ1) is 41.3. The maximum absolute atomic E-state index is 6.99. The first-order valence-corrected chi connectivity index (χ1v) is 24.7. The number of amidine groups is 2. The summed E-state index contributed by atoms with van der Waals surface area (Å²) in [6, 6.07) is 75.6. The molecule has 0 radical (unpaired) electrons. The summed E-state index contributed by atoms with van der Waals surface area (Å²) in [6.07, 6.45) is 3.24. The van der Waals surface area contributed by atoms with Crippen LogP contribution < -0.4 is 4.90 Å². The lowest BCUT2D eigenvalue weighted by Crippen LogP contribution is -2.35. The van der Waals surface area contributed by atoms with Crippen LogP contribution in [0.4, 0.5) is 11.4 Å². The Kier molecular flexibility index (Phi) is 9.56. The van der Waals surface area contributed by atoms with Gasteiger partial charge in [-0.15, -0.1) is 0 Å². The van der Waals surface area contributed by atoms with Gasteiger partial charge in [-0.05, 0) is 82.1 Å². The van der Waals surface area contributed by atoms with Crippen LogP contribution in [-0.2, 0) is 0 Å². The number of rotatable bonds is 7. The monoisotopic (exact) mass is 916 g/mol. The zero-order valence-corrected chi connectivity index (χ0v) is 39.4. The van der Waals surface area contributed by atoms with Gasteiger partial charge < -0.3 is 18.6 Å². The van der Waals surface area contributed by atoms with E-state index in [9.17, 15) is 0 Å². The molecular formula is C65H48N4O2. The van der Waals surface area contributed by atoms with Gasteiger partial charge in [0, 0.05) is 62.5 Å². The molecule has 11 aromatic rings. The Morgan fingerprint density at radius 1 is 0.507 bits per heavy atom. The summed E-state index contributed by atoms with van der Waals surface area (Å²) < 4.78 is 13.9. The molecule has 0 amide bonds. The number of allylic oxidation sites excluding steroid dienone is 1. The highest BCUT2D eigenvalue weighted by Gasteiger charge is 2.42. The molecule has 14 rings (SSSR count). The predicted octanol–water partition coefficient (Wildman–Crippen LogP) is 16.4. The van der Waals surface area contributed by atoms with Crippen molar-refractivity contribution in [2.45, 2.75) is 31.5 Å².